The summed E-state index contributed by atoms with van der Waals surface area (Å²) in [6, 6.07) is 8.39. The first kappa shape index (κ1) is 16.6. The van der Waals surface area contributed by atoms with Crippen LogP contribution in [-0.4, -0.2) is 55.0 Å². The van der Waals surface area contributed by atoms with Crippen LogP contribution in [0.1, 0.15) is 27.5 Å². The minimum Gasteiger partial charge on any atom is -0.347 e. The van der Waals surface area contributed by atoms with Crippen molar-refractivity contribution < 1.29 is 4.79 Å². The topological polar surface area (TPSA) is 35.6 Å². The van der Waals surface area contributed by atoms with E-state index in [0.717, 1.165) is 31.1 Å². The van der Waals surface area contributed by atoms with E-state index < -0.39 is 0 Å². The van der Waals surface area contributed by atoms with Gasteiger partial charge >= 0.3 is 0 Å². The van der Waals surface area contributed by atoms with Crippen molar-refractivity contribution in [3.05, 3.63) is 44.8 Å². The molecule has 2 atom stereocenters. The summed E-state index contributed by atoms with van der Waals surface area (Å²) in [5.41, 5.74) is 0. The van der Waals surface area contributed by atoms with E-state index >= 15 is 0 Å². The third-order valence-electron chi connectivity index (χ3n) is 4.34. The van der Waals surface area contributed by atoms with Crippen LogP contribution in [0.3, 0.4) is 0 Å². The second-order valence-electron chi connectivity index (χ2n) is 6.04. The van der Waals surface area contributed by atoms with Gasteiger partial charge in [0, 0.05) is 37.1 Å². The zero-order valence-electron chi connectivity index (χ0n) is 13.6. The standard InChI is InChI=1S/C17H23N3OS2/c1-13(18-17(21)15-6-4-12-23-15)16(14-5-3-11-22-14)20-9-7-19(2)8-10-20/h3-6,11-13,16H,7-10H2,1-2H3,(H,18,21)/t13-,16+/m0/s1. The molecule has 1 fully saturated rings. The Kier molecular flexibility index (Phi) is 5.48. The van der Waals surface area contributed by atoms with E-state index in [9.17, 15) is 4.79 Å². The quantitative estimate of drug-likeness (QED) is 0.901. The van der Waals surface area contributed by atoms with E-state index in [-0.39, 0.29) is 18.0 Å². The fraction of sp³-hybridized carbons (Fsp3) is 0.471. The Labute approximate surface area is 145 Å². The lowest BCUT2D eigenvalue weighted by atomic mass is 10.0. The molecule has 0 aromatic carbocycles. The fourth-order valence-electron chi connectivity index (χ4n) is 3.07. The molecule has 1 saturated heterocycles. The first-order valence-corrected chi connectivity index (χ1v) is 9.71. The highest BCUT2D eigenvalue weighted by atomic mass is 32.1. The smallest absolute Gasteiger partial charge is 0.261 e. The van der Waals surface area contributed by atoms with Gasteiger partial charge in [-0.1, -0.05) is 12.1 Å². The van der Waals surface area contributed by atoms with Gasteiger partial charge in [0.1, 0.15) is 0 Å². The molecule has 1 aliphatic rings. The van der Waals surface area contributed by atoms with Crippen LogP contribution in [0.15, 0.2) is 35.0 Å². The molecule has 2 aromatic rings. The summed E-state index contributed by atoms with van der Waals surface area (Å²) < 4.78 is 0. The third kappa shape index (κ3) is 4.01. The number of hydrogen-bond acceptors (Lipinski definition) is 5. The van der Waals surface area contributed by atoms with E-state index in [1.807, 2.05) is 17.5 Å². The molecule has 0 bridgehead atoms. The minimum absolute atomic E-state index is 0.0307. The molecule has 1 amide bonds. The second kappa shape index (κ2) is 7.57. The summed E-state index contributed by atoms with van der Waals surface area (Å²) in [6.07, 6.45) is 0. The second-order valence-corrected chi connectivity index (χ2v) is 7.97. The summed E-state index contributed by atoms with van der Waals surface area (Å²) in [5, 5.41) is 7.26. The van der Waals surface area contributed by atoms with Crippen molar-refractivity contribution in [3.63, 3.8) is 0 Å². The fourth-order valence-corrected chi connectivity index (χ4v) is 4.66. The van der Waals surface area contributed by atoms with Gasteiger partial charge in [-0.05, 0) is 36.9 Å². The molecule has 4 nitrogen and oxygen atoms in total. The number of hydrogen-bond donors (Lipinski definition) is 1. The van der Waals surface area contributed by atoms with Gasteiger partial charge < -0.3 is 10.2 Å². The van der Waals surface area contributed by atoms with E-state index in [1.54, 1.807) is 11.3 Å². The van der Waals surface area contributed by atoms with Gasteiger partial charge in [0.15, 0.2) is 0 Å². The zero-order valence-corrected chi connectivity index (χ0v) is 15.2. The molecular weight excluding hydrogens is 326 g/mol. The van der Waals surface area contributed by atoms with Crippen molar-refractivity contribution in [3.8, 4) is 0 Å². The van der Waals surface area contributed by atoms with Crippen molar-refractivity contribution in [2.24, 2.45) is 0 Å². The predicted molar refractivity (Wildman–Crippen MR) is 97.4 cm³/mol. The lowest BCUT2D eigenvalue weighted by Gasteiger charge is -2.40. The Morgan fingerprint density at radius 2 is 1.83 bits per heavy atom. The molecule has 124 valence electrons. The third-order valence-corrected chi connectivity index (χ3v) is 6.15. The van der Waals surface area contributed by atoms with Gasteiger partial charge in [-0.15, -0.1) is 22.7 Å². The van der Waals surface area contributed by atoms with E-state index in [0.29, 0.717) is 0 Å². The van der Waals surface area contributed by atoms with Crippen LogP contribution in [0, 0.1) is 0 Å². The monoisotopic (exact) mass is 349 g/mol. The van der Waals surface area contributed by atoms with Crippen LogP contribution < -0.4 is 5.32 Å². The number of nitrogens with one attached hydrogen (secondary N) is 1. The van der Waals surface area contributed by atoms with E-state index in [4.69, 9.17) is 0 Å². The van der Waals surface area contributed by atoms with Gasteiger partial charge in [0.2, 0.25) is 0 Å². The van der Waals surface area contributed by atoms with E-state index in [2.05, 4.69) is 46.6 Å². The van der Waals surface area contributed by atoms with Crippen LogP contribution in [-0.2, 0) is 0 Å². The van der Waals surface area contributed by atoms with Gasteiger partial charge in [-0.2, -0.15) is 0 Å². The van der Waals surface area contributed by atoms with Gasteiger partial charge in [-0.3, -0.25) is 9.69 Å². The molecule has 3 rings (SSSR count). The van der Waals surface area contributed by atoms with Gasteiger partial charge in [0.25, 0.3) is 5.91 Å². The maximum atomic E-state index is 12.4. The summed E-state index contributed by atoms with van der Waals surface area (Å²) in [6.45, 7) is 6.35. The minimum atomic E-state index is 0.0307. The highest BCUT2D eigenvalue weighted by Crippen LogP contribution is 2.29. The van der Waals surface area contributed by atoms with Crippen LogP contribution in [0.25, 0.3) is 0 Å². The van der Waals surface area contributed by atoms with Crippen molar-refractivity contribution in [2.45, 2.75) is 19.0 Å². The zero-order chi connectivity index (χ0) is 16.2. The summed E-state index contributed by atoms with van der Waals surface area (Å²) in [7, 11) is 2.17. The summed E-state index contributed by atoms with van der Waals surface area (Å²) >= 11 is 3.26. The highest BCUT2D eigenvalue weighted by Gasteiger charge is 2.30. The van der Waals surface area contributed by atoms with E-state index in [1.165, 1.54) is 16.2 Å². The number of amides is 1. The summed E-state index contributed by atoms with van der Waals surface area (Å²) in [4.78, 5) is 19.4. The number of piperazine rings is 1. The molecule has 6 heteroatoms. The summed E-state index contributed by atoms with van der Waals surface area (Å²) in [5.74, 6) is 0.0307. The molecule has 1 aliphatic heterocycles. The average molecular weight is 350 g/mol. The first-order valence-electron chi connectivity index (χ1n) is 7.95. The molecule has 2 aromatic heterocycles. The highest BCUT2D eigenvalue weighted by molar-refractivity contribution is 7.12. The number of likely N-dealkylation sites (N-methyl/N-ethyl adjacent to an activating group) is 1. The van der Waals surface area contributed by atoms with Crippen molar-refractivity contribution in [2.75, 3.05) is 33.2 Å². The predicted octanol–water partition coefficient (Wildman–Crippen LogP) is 2.92. The molecule has 0 radical (unpaired) electrons. The van der Waals surface area contributed by atoms with Crippen LogP contribution in [0.4, 0.5) is 0 Å². The number of carbonyl (C=O) groups excluding carboxylic acids is 1. The lowest BCUT2D eigenvalue weighted by Crippen LogP contribution is -2.51. The van der Waals surface area contributed by atoms with Crippen LogP contribution >= 0.6 is 22.7 Å². The Bertz CT molecular complexity index is 604. The van der Waals surface area contributed by atoms with Crippen LogP contribution in [0.5, 0.6) is 0 Å². The number of nitrogens with zero attached hydrogens (tertiary/aromatic N) is 2. The van der Waals surface area contributed by atoms with Crippen molar-refractivity contribution >= 4 is 28.6 Å². The van der Waals surface area contributed by atoms with Crippen molar-refractivity contribution in [1.82, 2.24) is 15.1 Å². The molecule has 0 saturated carbocycles. The van der Waals surface area contributed by atoms with Crippen molar-refractivity contribution in [1.29, 1.82) is 0 Å². The largest absolute Gasteiger partial charge is 0.347 e. The molecule has 0 unspecified atom stereocenters. The Morgan fingerprint density at radius 3 is 2.43 bits per heavy atom. The SMILES string of the molecule is C[C@H](NC(=O)c1cccs1)[C@H](c1cccs1)N1CCN(C)CC1. The molecule has 0 spiro atoms. The number of thiophene rings is 2. The Balaban J connectivity index is 1.74. The maximum Gasteiger partial charge on any atom is 0.261 e. The van der Waals surface area contributed by atoms with Gasteiger partial charge in [-0.25, -0.2) is 0 Å². The number of carbonyl (C=O) groups is 1. The molecular formula is C17H23N3OS2. The lowest BCUT2D eigenvalue weighted by molar-refractivity contribution is 0.0802. The normalized spacial score (nSPS) is 19.4. The van der Waals surface area contributed by atoms with Gasteiger partial charge in [0.05, 0.1) is 10.9 Å². The Hall–Kier alpha value is -1.21. The molecule has 1 N–H and O–H groups in total. The molecule has 3 heterocycles. The first-order chi connectivity index (χ1) is 11.1. The average Bonchev–Trinajstić information content (AvgIpc) is 3.22. The molecule has 23 heavy (non-hydrogen) atoms. The number of rotatable bonds is 5. The molecule has 0 aliphatic carbocycles. The van der Waals surface area contributed by atoms with Crippen LogP contribution in [0.2, 0.25) is 0 Å². The Morgan fingerprint density at radius 1 is 1.13 bits per heavy atom. The maximum absolute atomic E-state index is 12.4.